The van der Waals surface area contributed by atoms with Crippen LogP contribution in [0.15, 0.2) is 41.9 Å². The predicted molar refractivity (Wildman–Crippen MR) is 90.8 cm³/mol. The van der Waals surface area contributed by atoms with E-state index in [4.69, 9.17) is 0 Å². The quantitative estimate of drug-likeness (QED) is 0.822. The normalized spacial score (nSPS) is 11.0. The van der Waals surface area contributed by atoms with E-state index in [1.54, 1.807) is 17.5 Å². The van der Waals surface area contributed by atoms with Crippen LogP contribution in [0.25, 0.3) is 6.08 Å². The van der Waals surface area contributed by atoms with E-state index in [9.17, 15) is 4.79 Å². The van der Waals surface area contributed by atoms with Gasteiger partial charge in [-0.15, -0.1) is 11.3 Å². The number of nitrogens with one attached hydrogen (secondary N) is 2. The fourth-order valence-electron chi connectivity index (χ4n) is 1.87. The number of anilines is 1. The van der Waals surface area contributed by atoms with Gasteiger partial charge in [-0.05, 0) is 53.6 Å². The van der Waals surface area contributed by atoms with Crippen LogP contribution in [0.2, 0.25) is 0 Å². The maximum absolute atomic E-state index is 11.8. The molecular weight excluding hydrogens is 280 g/mol. The molecule has 0 spiro atoms. The van der Waals surface area contributed by atoms with Crippen molar-refractivity contribution in [1.82, 2.24) is 5.32 Å². The molecule has 0 radical (unpaired) electrons. The lowest BCUT2D eigenvalue weighted by Crippen LogP contribution is -2.23. The first-order valence-electron chi connectivity index (χ1n) is 6.94. The van der Waals surface area contributed by atoms with Crippen molar-refractivity contribution in [3.8, 4) is 0 Å². The Morgan fingerprint density at radius 3 is 2.48 bits per heavy atom. The molecule has 0 fully saturated rings. The van der Waals surface area contributed by atoms with E-state index in [-0.39, 0.29) is 6.03 Å². The number of urea groups is 1. The third-order valence-corrected chi connectivity index (χ3v) is 4.17. The highest BCUT2D eigenvalue weighted by Crippen LogP contribution is 2.17. The van der Waals surface area contributed by atoms with E-state index in [1.807, 2.05) is 42.6 Å². The molecule has 0 bridgehead atoms. The molecular formula is C17H20N2OS. The maximum atomic E-state index is 11.8. The molecule has 0 aliphatic carbocycles. The predicted octanol–water partition coefficient (Wildman–Crippen LogP) is 4.97. The first kappa shape index (κ1) is 15.3. The first-order chi connectivity index (χ1) is 10.1. The highest BCUT2D eigenvalue weighted by molar-refractivity contribution is 7.11. The fraction of sp³-hybridized carbons (Fsp3) is 0.235. The standard InChI is InChI=1S/C17H20N2OS/c1-12(2)14-4-6-15(7-5-14)19-17(20)18-10-8-16-13(3)9-11-21-16/h4-12H,1-3H3,(H2,18,19,20). The lowest BCUT2D eigenvalue weighted by atomic mass is 10.0. The van der Waals surface area contributed by atoms with Gasteiger partial charge in [-0.1, -0.05) is 26.0 Å². The SMILES string of the molecule is Cc1ccsc1C=CNC(=O)Nc1ccc(C(C)C)cc1. The van der Waals surface area contributed by atoms with Crippen LogP contribution in [0.3, 0.4) is 0 Å². The Labute approximate surface area is 129 Å². The van der Waals surface area contributed by atoms with Gasteiger partial charge in [-0.25, -0.2) is 4.79 Å². The summed E-state index contributed by atoms with van der Waals surface area (Å²) in [6.45, 7) is 6.34. The average Bonchev–Trinajstić information content (AvgIpc) is 2.85. The Hall–Kier alpha value is -2.07. The number of amides is 2. The summed E-state index contributed by atoms with van der Waals surface area (Å²) in [6.07, 6.45) is 3.57. The van der Waals surface area contributed by atoms with E-state index in [2.05, 4.69) is 30.5 Å². The lowest BCUT2D eigenvalue weighted by Gasteiger charge is -2.08. The van der Waals surface area contributed by atoms with Crippen LogP contribution in [0.5, 0.6) is 0 Å². The van der Waals surface area contributed by atoms with Gasteiger partial charge in [0.15, 0.2) is 0 Å². The molecule has 0 saturated heterocycles. The number of benzene rings is 1. The molecule has 2 aromatic rings. The summed E-state index contributed by atoms with van der Waals surface area (Å²) in [5.74, 6) is 0.491. The van der Waals surface area contributed by atoms with Crippen molar-refractivity contribution < 1.29 is 4.79 Å². The molecule has 110 valence electrons. The van der Waals surface area contributed by atoms with Crippen molar-refractivity contribution in [2.75, 3.05) is 5.32 Å². The second-order valence-corrected chi connectivity index (χ2v) is 6.12. The van der Waals surface area contributed by atoms with Gasteiger partial charge in [0.1, 0.15) is 0 Å². The second kappa shape index (κ2) is 7.09. The summed E-state index contributed by atoms with van der Waals surface area (Å²) in [4.78, 5) is 12.9. The van der Waals surface area contributed by atoms with Crippen molar-refractivity contribution in [3.05, 3.63) is 57.9 Å². The number of carbonyl (C=O) groups is 1. The zero-order chi connectivity index (χ0) is 15.2. The molecule has 0 saturated carbocycles. The highest BCUT2D eigenvalue weighted by atomic mass is 32.1. The van der Waals surface area contributed by atoms with Crippen LogP contribution >= 0.6 is 11.3 Å². The molecule has 4 heteroatoms. The molecule has 0 aliphatic rings. The fourth-order valence-corrected chi connectivity index (χ4v) is 2.69. The molecule has 2 N–H and O–H groups in total. The van der Waals surface area contributed by atoms with Crippen LogP contribution in [0.4, 0.5) is 10.5 Å². The van der Waals surface area contributed by atoms with Crippen molar-refractivity contribution in [2.24, 2.45) is 0 Å². The number of carbonyl (C=O) groups excluding carboxylic acids is 1. The van der Waals surface area contributed by atoms with E-state index in [0.29, 0.717) is 5.92 Å². The van der Waals surface area contributed by atoms with Crippen LogP contribution in [-0.4, -0.2) is 6.03 Å². The van der Waals surface area contributed by atoms with Crippen molar-refractivity contribution in [1.29, 1.82) is 0 Å². The Bertz CT molecular complexity index is 626. The highest BCUT2D eigenvalue weighted by Gasteiger charge is 2.02. The summed E-state index contributed by atoms with van der Waals surface area (Å²) in [6, 6.07) is 9.72. The summed E-state index contributed by atoms with van der Waals surface area (Å²) in [5, 5.41) is 7.55. The average molecular weight is 300 g/mol. The van der Waals surface area contributed by atoms with Gasteiger partial charge in [-0.2, -0.15) is 0 Å². The van der Waals surface area contributed by atoms with Crippen molar-refractivity contribution >= 4 is 29.1 Å². The van der Waals surface area contributed by atoms with Crippen LogP contribution in [0.1, 0.15) is 35.8 Å². The molecule has 2 amide bonds. The monoisotopic (exact) mass is 300 g/mol. The molecule has 21 heavy (non-hydrogen) atoms. The Kier molecular flexibility index (Phi) is 5.17. The van der Waals surface area contributed by atoms with E-state index in [0.717, 1.165) is 10.6 Å². The third-order valence-electron chi connectivity index (χ3n) is 3.19. The van der Waals surface area contributed by atoms with Crippen LogP contribution < -0.4 is 10.6 Å². The third kappa shape index (κ3) is 4.46. The van der Waals surface area contributed by atoms with Crippen LogP contribution in [0, 0.1) is 6.92 Å². The topological polar surface area (TPSA) is 41.1 Å². The van der Waals surface area contributed by atoms with Crippen molar-refractivity contribution in [2.45, 2.75) is 26.7 Å². The Morgan fingerprint density at radius 2 is 1.90 bits per heavy atom. The van der Waals surface area contributed by atoms with Gasteiger partial charge in [0.05, 0.1) is 0 Å². The van der Waals surface area contributed by atoms with E-state index in [1.165, 1.54) is 11.1 Å². The second-order valence-electron chi connectivity index (χ2n) is 5.18. The number of hydrogen-bond acceptors (Lipinski definition) is 2. The summed E-state index contributed by atoms with van der Waals surface area (Å²) in [5.41, 5.74) is 3.26. The maximum Gasteiger partial charge on any atom is 0.323 e. The van der Waals surface area contributed by atoms with E-state index < -0.39 is 0 Å². The smallest absolute Gasteiger partial charge is 0.314 e. The number of rotatable bonds is 4. The molecule has 0 unspecified atom stereocenters. The molecule has 3 nitrogen and oxygen atoms in total. The minimum Gasteiger partial charge on any atom is -0.314 e. The number of aryl methyl sites for hydroxylation is 1. The molecule has 0 atom stereocenters. The van der Waals surface area contributed by atoms with E-state index >= 15 is 0 Å². The summed E-state index contributed by atoms with van der Waals surface area (Å²) >= 11 is 1.65. The zero-order valence-electron chi connectivity index (χ0n) is 12.5. The van der Waals surface area contributed by atoms with Crippen LogP contribution in [-0.2, 0) is 0 Å². The van der Waals surface area contributed by atoms with Gasteiger partial charge in [-0.3, -0.25) is 0 Å². The van der Waals surface area contributed by atoms with Gasteiger partial charge < -0.3 is 10.6 Å². The molecule has 2 rings (SSSR count). The minimum absolute atomic E-state index is 0.238. The van der Waals surface area contributed by atoms with Crippen molar-refractivity contribution in [3.63, 3.8) is 0 Å². The molecule has 1 aromatic heterocycles. The zero-order valence-corrected chi connectivity index (χ0v) is 13.3. The minimum atomic E-state index is -0.238. The van der Waals surface area contributed by atoms with Gasteiger partial charge >= 0.3 is 6.03 Å². The Balaban J connectivity index is 1.87. The summed E-state index contributed by atoms with van der Waals surface area (Å²) < 4.78 is 0. The lowest BCUT2D eigenvalue weighted by molar-refractivity contribution is 0.255. The molecule has 1 heterocycles. The van der Waals surface area contributed by atoms with Gasteiger partial charge in [0.25, 0.3) is 0 Å². The summed E-state index contributed by atoms with van der Waals surface area (Å²) in [7, 11) is 0. The largest absolute Gasteiger partial charge is 0.323 e. The van der Waals surface area contributed by atoms with Gasteiger partial charge in [0.2, 0.25) is 0 Å². The molecule has 0 aliphatic heterocycles. The van der Waals surface area contributed by atoms with Gasteiger partial charge in [0, 0.05) is 16.8 Å². The molecule has 1 aromatic carbocycles. The number of thiophene rings is 1. The number of hydrogen-bond donors (Lipinski definition) is 2. The Morgan fingerprint density at radius 1 is 1.19 bits per heavy atom. The first-order valence-corrected chi connectivity index (χ1v) is 7.82.